The van der Waals surface area contributed by atoms with E-state index in [9.17, 15) is 9.59 Å². The summed E-state index contributed by atoms with van der Waals surface area (Å²) in [5, 5.41) is 2.51. The topological polar surface area (TPSA) is 80.3 Å². The summed E-state index contributed by atoms with van der Waals surface area (Å²) in [4.78, 5) is 24.5. The molecule has 0 saturated carbocycles. The van der Waals surface area contributed by atoms with E-state index in [1.807, 2.05) is 54.6 Å². The Morgan fingerprint density at radius 3 is 2.07 bits per heavy atom. The molecule has 4 aromatic rings. The lowest BCUT2D eigenvalue weighted by Crippen LogP contribution is -2.37. The highest BCUT2D eigenvalue weighted by molar-refractivity contribution is 6.30. The van der Waals surface area contributed by atoms with Crippen LogP contribution in [0.1, 0.15) is 40.5 Å². The first-order valence-corrected chi connectivity index (χ1v) is 15.1. The monoisotopic (exact) mass is 612 g/mol. The summed E-state index contributed by atoms with van der Waals surface area (Å²) >= 11 is 6.34. The molecule has 7 nitrogen and oxygen atoms in total. The highest BCUT2D eigenvalue weighted by atomic mass is 35.5. The molecule has 0 aliphatic heterocycles. The largest absolute Gasteiger partial charge is 0.491 e. The standard InChI is InChI=1S/C36H33ClO7/c1-2-34(38)43-18-16-40-15-17-41-32-13-14-33(26-9-5-4-8-25(26)32)42-19-20-44-36(39)31-22-30-24-7-3-6-10-27(24)35(31)28-12-11-23(37)21-29(28)30/h2-14,21,30-31,35H,1,15-20,22H2. The van der Waals surface area contributed by atoms with Gasteiger partial charge < -0.3 is 23.7 Å². The maximum absolute atomic E-state index is 13.4. The van der Waals surface area contributed by atoms with Gasteiger partial charge >= 0.3 is 11.9 Å². The molecule has 0 radical (unpaired) electrons. The average Bonchev–Trinajstić information content (AvgIpc) is 3.06. The third kappa shape index (κ3) is 6.16. The van der Waals surface area contributed by atoms with Gasteiger partial charge in [-0.05, 0) is 52.9 Å². The van der Waals surface area contributed by atoms with Crippen molar-refractivity contribution < 1.29 is 33.3 Å². The lowest BCUT2D eigenvalue weighted by atomic mass is 9.59. The smallest absolute Gasteiger partial charge is 0.330 e. The fourth-order valence-electron chi connectivity index (χ4n) is 6.36. The lowest BCUT2D eigenvalue weighted by molar-refractivity contribution is -0.150. The second-order valence-corrected chi connectivity index (χ2v) is 11.2. The summed E-state index contributed by atoms with van der Waals surface area (Å²) in [6.45, 7) is 4.84. The zero-order valence-corrected chi connectivity index (χ0v) is 25.0. The molecular weight excluding hydrogens is 580 g/mol. The molecule has 8 heteroatoms. The number of carbonyl (C=O) groups excluding carboxylic acids is 2. The minimum Gasteiger partial charge on any atom is -0.491 e. The highest BCUT2D eigenvalue weighted by Crippen LogP contribution is 2.56. The van der Waals surface area contributed by atoms with Crippen LogP contribution in [0, 0.1) is 5.92 Å². The van der Waals surface area contributed by atoms with Crippen LogP contribution in [0.5, 0.6) is 11.5 Å². The number of fused-ring (bicyclic) bond motifs is 2. The summed E-state index contributed by atoms with van der Waals surface area (Å²) in [5.74, 6) is 0.528. The maximum atomic E-state index is 13.4. The van der Waals surface area contributed by atoms with Gasteiger partial charge in [-0.1, -0.05) is 72.8 Å². The first-order valence-electron chi connectivity index (χ1n) is 14.7. The number of hydrogen-bond acceptors (Lipinski definition) is 7. The Bertz CT molecular complexity index is 1680. The summed E-state index contributed by atoms with van der Waals surface area (Å²) < 4.78 is 28.2. The van der Waals surface area contributed by atoms with Gasteiger partial charge in [-0.25, -0.2) is 4.79 Å². The molecule has 0 saturated heterocycles. The van der Waals surface area contributed by atoms with E-state index in [2.05, 4.69) is 30.8 Å². The van der Waals surface area contributed by atoms with Crippen LogP contribution in [-0.4, -0.2) is 51.6 Å². The van der Waals surface area contributed by atoms with Crippen molar-refractivity contribution in [2.45, 2.75) is 18.3 Å². The summed E-state index contributed by atoms with van der Waals surface area (Å²) in [5.41, 5.74) is 4.85. The second-order valence-electron chi connectivity index (χ2n) is 10.7. The molecule has 3 aliphatic rings. The van der Waals surface area contributed by atoms with Crippen molar-refractivity contribution in [3.05, 3.63) is 119 Å². The van der Waals surface area contributed by atoms with Crippen LogP contribution in [-0.2, 0) is 23.8 Å². The van der Waals surface area contributed by atoms with Gasteiger partial charge in [-0.15, -0.1) is 0 Å². The van der Waals surface area contributed by atoms with Crippen molar-refractivity contribution in [2.75, 3.05) is 39.6 Å². The average molecular weight is 613 g/mol. The third-order valence-corrected chi connectivity index (χ3v) is 8.45. The molecular formula is C36H33ClO7. The number of halogens is 1. The number of ether oxygens (including phenoxy) is 5. The zero-order chi connectivity index (χ0) is 30.5. The Morgan fingerprint density at radius 2 is 1.34 bits per heavy atom. The van der Waals surface area contributed by atoms with Crippen LogP contribution in [0.3, 0.4) is 0 Å². The van der Waals surface area contributed by atoms with E-state index in [0.29, 0.717) is 36.2 Å². The first-order chi connectivity index (χ1) is 21.5. The van der Waals surface area contributed by atoms with Crippen LogP contribution in [0.2, 0.25) is 5.02 Å². The Labute approximate surface area is 261 Å². The lowest BCUT2D eigenvalue weighted by Gasteiger charge is -2.44. The van der Waals surface area contributed by atoms with Crippen molar-refractivity contribution in [3.63, 3.8) is 0 Å². The number of esters is 2. The molecule has 226 valence electrons. The van der Waals surface area contributed by atoms with Crippen molar-refractivity contribution in [2.24, 2.45) is 5.92 Å². The quantitative estimate of drug-likeness (QED) is 0.0929. The Morgan fingerprint density at radius 1 is 0.727 bits per heavy atom. The molecule has 3 atom stereocenters. The molecule has 4 aromatic carbocycles. The number of rotatable bonds is 13. The molecule has 0 N–H and O–H groups in total. The van der Waals surface area contributed by atoms with Crippen molar-refractivity contribution >= 4 is 34.3 Å². The molecule has 0 fully saturated rings. The first kappa shape index (κ1) is 29.7. The fraction of sp³-hybridized carbons (Fsp3) is 0.278. The maximum Gasteiger partial charge on any atom is 0.330 e. The van der Waals surface area contributed by atoms with Crippen LogP contribution >= 0.6 is 11.6 Å². The zero-order valence-electron chi connectivity index (χ0n) is 24.2. The van der Waals surface area contributed by atoms with E-state index in [1.54, 1.807) is 0 Å². The van der Waals surface area contributed by atoms with Crippen molar-refractivity contribution in [1.82, 2.24) is 0 Å². The molecule has 0 heterocycles. The van der Waals surface area contributed by atoms with E-state index in [4.69, 9.17) is 35.3 Å². The van der Waals surface area contributed by atoms with E-state index >= 15 is 0 Å². The van der Waals surface area contributed by atoms with Gasteiger partial charge in [0.1, 0.15) is 37.9 Å². The highest BCUT2D eigenvalue weighted by Gasteiger charge is 2.46. The molecule has 3 unspecified atom stereocenters. The second kappa shape index (κ2) is 13.5. The minimum absolute atomic E-state index is 0.0476. The fourth-order valence-corrected chi connectivity index (χ4v) is 6.54. The number of hydrogen-bond donors (Lipinski definition) is 0. The molecule has 44 heavy (non-hydrogen) atoms. The summed E-state index contributed by atoms with van der Waals surface area (Å²) in [6, 6.07) is 25.9. The predicted molar refractivity (Wildman–Crippen MR) is 168 cm³/mol. The van der Waals surface area contributed by atoms with Gasteiger partial charge in [0.15, 0.2) is 0 Å². The normalized spacial score (nSPS) is 17.8. The van der Waals surface area contributed by atoms with Gasteiger partial charge in [0.05, 0.1) is 19.1 Å². The number of carbonyl (C=O) groups is 2. The van der Waals surface area contributed by atoms with Crippen molar-refractivity contribution in [1.29, 1.82) is 0 Å². The Balaban J connectivity index is 1.03. The molecule has 7 rings (SSSR count). The van der Waals surface area contributed by atoms with Gasteiger partial charge in [0.25, 0.3) is 0 Å². The Hall–Kier alpha value is -4.33. The molecule has 0 aromatic heterocycles. The van der Waals surface area contributed by atoms with Gasteiger partial charge in [0, 0.05) is 33.7 Å². The predicted octanol–water partition coefficient (Wildman–Crippen LogP) is 6.84. The van der Waals surface area contributed by atoms with Crippen LogP contribution < -0.4 is 9.47 Å². The minimum atomic E-state index is -0.476. The summed E-state index contributed by atoms with van der Waals surface area (Å²) in [6.07, 6.45) is 1.82. The molecule has 0 spiro atoms. The number of benzene rings is 4. The molecule has 2 bridgehead atoms. The van der Waals surface area contributed by atoms with E-state index in [1.165, 1.54) is 16.7 Å². The van der Waals surface area contributed by atoms with E-state index in [-0.39, 0.29) is 50.2 Å². The van der Waals surface area contributed by atoms with Crippen LogP contribution in [0.15, 0.2) is 91.5 Å². The van der Waals surface area contributed by atoms with E-state index in [0.717, 1.165) is 22.4 Å². The summed E-state index contributed by atoms with van der Waals surface area (Å²) in [7, 11) is 0. The van der Waals surface area contributed by atoms with Gasteiger partial charge in [0.2, 0.25) is 0 Å². The van der Waals surface area contributed by atoms with E-state index < -0.39 is 5.97 Å². The Kier molecular flexibility index (Phi) is 9.15. The molecule has 3 aliphatic carbocycles. The van der Waals surface area contributed by atoms with Gasteiger partial charge in [-0.3, -0.25) is 4.79 Å². The molecule has 0 amide bonds. The SMILES string of the molecule is C=CC(=O)OCCOCCOc1ccc(OCCOC(=O)C2CC3c4ccccc4C2c2ccc(Cl)cc23)c2ccccc12. The van der Waals surface area contributed by atoms with Crippen LogP contribution in [0.25, 0.3) is 10.8 Å². The van der Waals surface area contributed by atoms with Crippen LogP contribution in [0.4, 0.5) is 0 Å². The van der Waals surface area contributed by atoms with Gasteiger partial charge in [-0.2, -0.15) is 0 Å². The van der Waals surface area contributed by atoms with Crippen molar-refractivity contribution in [3.8, 4) is 11.5 Å². The third-order valence-electron chi connectivity index (χ3n) is 8.21.